The Morgan fingerprint density at radius 3 is 2.50 bits per heavy atom. The maximum absolute atomic E-state index is 11.3. The molecule has 28 heavy (non-hydrogen) atoms. The molecule has 0 amide bonds. The standard InChI is InChI=1S/C18H15N5O2S3/c19-28(24,25)13-5-3-12(4-6-13)10-21-18-22-11-14(15-2-1-8-26-15)16(23-18)17-20-7-9-27-17/h1-9,11H,10H2,(H2,19,24,25)(H,21,22,23). The van der Waals surface area contributed by atoms with Crippen LogP contribution in [0.25, 0.3) is 21.1 Å². The summed E-state index contributed by atoms with van der Waals surface area (Å²) in [6, 6.07) is 10.4. The number of benzene rings is 1. The first-order valence-corrected chi connectivity index (χ1v) is 11.5. The number of sulfonamides is 1. The third-order valence-corrected chi connectivity index (χ3v) is 6.52. The summed E-state index contributed by atoms with van der Waals surface area (Å²) in [5.41, 5.74) is 2.60. The van der Waals surface area contributed by atoms with Gasteiger partial charge in [0.05, 0.1) is 4.90 Å². The largest absolute Gasteiger partial charge is 0.350 e. The molecule has 1 aromatic carbocycles. The highest BCUT2D eigenvalue weighted by Crippen LogP contribution is 2.34. The number of nitrogens with one attached hydrogen (secondary N) is 1. The molecule has 0 saturated heterocycles. The summed E-state index contributed by atoms with van der Waals surface area (Å²) in [5, 5.41) is 13.0. The van der Waals surface area contributed by atoms with E-state index in [0.29, 0.717) is 12.5 Å². The number of anilines is 1. The summed E-state index contributed by atoms with van der Waals surface area (Å²) in [7, 11) is -3.69. The van der Waals surface area contributed by atoms with E-state index in [1.807, 2.05) is 22.9 Å². The Balaban J connectivity index is 1.58. The van der Waals surface area contributed by atoms with Crippen molar-refractivity contribution in [2.24, 2.45) is 5.14 Å². The number of rotatable bonds is 6. The normalized spacial score (nSPS) is 11.5. The van der Waals surface area contributed by atoms with Crippen LogP contribution in [0.4, 0.5) is 5.95 Å². The second-order valence-electron chi connectivity index (χ2n) is 5.81. The average molecular weight is 430 g/mol. The third kappa shape index (κ3) is 4.09. The first-order chi connectivity index (χ1) is 13.5. The van der Waals surface area contributed by atoms with Gasteiger partial charge in [0.15, 0.2) is 0 Å². The van der Waals surface area contributed by atoms with Gasteiger partial charge < -0.3 is 5.32 Å². The minimum Gasteiger partial charge on any atom is -0.350 e. The zero-order valence-corrected chi connectivity index (χ0v) is 16.9. The Labute approximate surface area is 170 Å². The van der Waals surface area contributed by atoms with E-state index >= 15 is 0 Å². The predicted octanol–water partition coefficient (Wildman–Crippen LogP) is 3.59. The molecule has 142 valence electrons. The lowest BCUT2D eigenvalue weighted by Gasteiger charge is -2.09. The lowest BCUT2D eigenvalue weighted by molar-refractivity contribution is 0.598. The summed E-state index contributed by atoms with van der Waals surface area (Å²) in [5.74, 6) is 0.473. The lowest BCUT2D eigenvalue weighted by atomic mass is 10.2. The van der Waals surface area contributed by atoms with Crippen molar-refractivity contribution in [1.82, 2.24) is 15.0 Å². The van der Waals surface area contributed by atoms with E-state index in [2.05, 4.69) is 20.3 Å². The Morgan fingerprint density at radius 1 is 1.04 bits per heavy atom. The molecule has 3 N–H and O–H groups in total. The number of aromatic nitrogens is 3. The molecule has 10 heteroatoms. The van der Waals surface area contributed by atoms with Gasteiger partial charge in [-0.05, 0) is 29.1 Å². The van der Waals surface area contributed by atoms with Crippen molar-refractivity contribution in [2.45, 2.75) is 11.4 Å². The second-order valence-corrected chi connectivity index (χ2v) is 9.22. The van der Waals surface area contributed by atoms with Crippen molar-refractivity contribution in [1.29, 1.82) is 0 Å². The molecule has 7 nitrogen and oxygen atoms in total. The molecule has 0 aliphatic heterocycles. The van der Waals surface area contributed by atoms with Crippen LogP contribution in [0.2, 0.25) is 0 Å². The van der Waals surface area contributed by atoms with Gasteiger partial charge in [0.1, 0.15) is 10.7 Å². The van der Waals surface area contributed by atoms with E-state index < -0.39 is 10.0 Å². The van der Waals surface area contributed by atoms with Crippen LogP contribution in [-0.2, 0) is 16.6 Å². The van der Waals surface area contributed by atoms with Gasteiger partial charge in [0.2, 0.25) is 16.0 Å². The number of nitrogens with two attached hydrogens (primary N) is 1. The number of primary sulfonamides is 1. The molecule has 0 spiro atoms. The maximum atomic E-state index is 11.3. The van der Waals surface area contributed by atoms with Gasteiger partial charge in [0, 0.05) is 34.8 Å². The summed E-state index contributed by atoms with van der Waals surface area (Å²) in [6.45, 7) is 0.445. The van der Waals surface area contributed by atoms with Crippen LogP contribution < -0.4 is 10.5 Å². The van der Waals surface area contributed by atoms with Crippen molar-refractivity contribution < 1.29 is 8.42 Å². The lowest BCUT2D eigenvalue weighted by Crippen LogP contribution is -2.12. The quantitative estimate of drug-likeness (QED) is 0.485. The van der Waals surface area contributed by atoms with E-state index in [0.717, 1.165) is 26.7 Å². The second kappa shape index (κ2) is 7.76. The number of thiazole rings is 1. The molecule has 0 saturated carbocycles. The van der Waals surface area contributed by atoms with Gasteiger partial charge in [-0.3, -0.25) is 0 Å². The zero-order chi connectivity index (χ0) is 19.6. The number of nitrogens with zero attached hydrogens (tertiary/aromatic N) is 3. The highest BCUT2D eigenvalue weighted by atomic mass is 32.2. The molecular formula is C18H15N5O2S3. The van der Waals surface area contributed by atoms with Crippen LogP contribution in [0, 0.1) is 0 Å². The minimum absolute atomic E-state index is 0.0823. The van der Waals surface area contributed by atoms with Crippen molar-refractivity contribution in [3.8, 4) is 21.1 Å². The summed E-state index contributed by atoms with van der Waals surface area (Å²) < 4.78 is 22.7. The first kappa shape index (κ1) is 18.7. The average Bonchev–Trinajstić information content (AvgIpc) is 3.39. The molecule has 0 aliphatic carbocycles. The zero-order valence-electron chi connectivity index (χ0n) is 14.4. The Hall–Kier alpha value is -2.66. The molecule has 0 atom stereocenters. The van der Waals surface area contributed by atoms with E-state index in [9.17, 15) is 8.42 Å². The van der Waals surface area contributed by atoms with Crippen molar-refractivity contribution in [2.75, 3.05) is 5.32 Å². The van der Waals surface area contributed by atoms with Gasteiger partial charge in [-0.15, -0.1) is 22.7 Å². The van der Waals surface area contributed by atoms with Crippen molar-refractivity contribution in [3.05, 3.63) is 65.1 Å². The predicted molar refractivity (Wildman–Crippen MR) is 112 cm³/mol. The van der Waals surface area contributed by atoms with Crippen LogP contribution >= 0.6 is 22.7 Å². The van der Waals surface area contributed by atoms with Crippen LogP contribution in [0.3, 0.4) is 0 Å². The van der Waals surface area contributed by atoms with Crippen LogP contribution in [0.15, 0.2) is 64.4 Å². The topological polar surface area (TPSA) is 111 Å². The summed E-state index contributed by atoms with van der Waals surface area (Å²) >= 11 is 3.15. The molecule has 3 aromatic heterocycles. The molecule has 0 aliphatic rings. The van der Waals surface area contributed by atoms with E-state index in [1.54, 1.807) is 35.9 Å². The van der Waals surface area contributed by atoms with Gasteiger partial charge in [0.25, 0.3) is 0 Å². The SMILES string of the molecule is NS(=O)(=O)c1ccc(CNc2ncc(-c3cccs3)c(-c3nccs3)n2)cc1. The molecule has 0 fully saturated rings. The van der Waals surface area contributed by atoms with Crippen molar-refractivity contribution in [3.63, 3.8) is 0 Å². The Kier molecular flexibility index (Phi) is 5.18. The van der Waals surface area contributed by atoms with Gasteiger partial charge in [-0.25, -0.2) is 28.5 Å². The Morgan fingerprint density at radius 2 is 1.86 bits per heavy atom. The highest BCUT2D eigenvalue weighted by Gasteiger charge is 2.14. The fraction of sp³-hybridized carbons (Fsp3) is 0.0556. The van der Waals surface area contributed by atoms with Gasteiger partial charge in [-0.2, -0.15) is 0 Å². The number of thiophene rings is 1. The van der Waals surface area contributed by atoms with Crippen LogP contribution in [0.5, 0.6) is 0 Å². The number of hydrogen-bond donors (Lipinski definition) is 2. The molecule has 4 aromatic rings. The van der Waals surface area contributed by atoms with Crippen LogP contribution in [-0.4, -0.2) is 23.4 Å². The minimum atomic E-state index is -3.69. The van der Waals surface area contributed by atoms with Crippen molar-refractivity contribution >= 4 is 38.6 Å². The number of hydrogen-bond acceptors (Lipinski definition) is 8. The maximum Gasteiger partial charge on any atom is 0.238 e. The molecule has 0 unspecified atom stereocenters. The van der Waals surface area contributed by atoms with E-state index in [-0.39, 0.29) is 4.90 Å². The van der Waals surface area contributed by atoms with E-state index in [4.69, 9.17) is 5.14 Å². The van der Waals surface area contributed by atoms with Gasteiger partial charge >= 0.3 is 0 Å². The fourth-order valence-corrected chi connectivity index (χ4v) is 4.45. The van der Waals surface area contributed by atoms with Crippen LogP contribution in [0.1, 0.15) is 5.56 Å². The van der Waals surface area contributed by atoms with E-state index in [1.165, 1.54) is 23.5 Å². The molecule has 4 rings (SSSR count). The molecule has 3 heterocycles. The summed E-state index contributed by atoms with van der Waals surface area (Å²) in [6.07, 6.45) is 3.54. The molecule has 0 radical (unpaired) electrons. The summed E-state index contributed by atoms with van der Waals surface area (Å²) in [4.78, 5) is 14.6. The van der Waals surface area contributed by atoms with Gasteiger partial charge in [-0.1, -0.05) is 18.2 Å². The molecule has 0 bridgehead atoms. The Bertz CT molecular complexity index is 1170. The first-order valence-electron chi connectivity index (χ1n) is 8.17. The third-order valence-electron chi connectivity index (χ3n) is 3.91. The molecular weight excluding hydrogens is 414 g/mol. The monoisotopic (exact) mass is 429 g/mol. The fourth-order valence-electron chi connectivity index (χ4n) is 2.56. The smallest absolute Gasteiger partial charge is 0.238 e. The highest BCUT2D eigenvalue weighted by molar-refractivity contribution is 7.89.